The van der Waals surface area contributed by atoms with Crippen molar-refractivity contribution in [3.8, 4) is 0 Å². The molecule has 1 heteroatoms. The van der Waals surface area contributed by atoms with Gasteiger partial charge in [-0.1, -0.05) is 47.5 Å². The summed E-state index contributed by atoms with van der Waals surface area (Å²) in [6.45, 7) is 13.1. The first-order valence-corrected chi connectivity index (χ1v) is 5.52. The first kappa shape index (κ1) is 14.5. The summed E-state index contributed by atoms with van der Waals surface area (Å²) < 4.78 is 0. The lowest BCUT2D eigenvalue weighted by molar-refractivity contribution is 0.651. The molecule has 0 aromatic rings. The number of hydrogen-bond acceptors (Lipinski definition) is 1. The van der Waals surface area contributed by atoms with E-state index in [-0.39, 0.29) is 0 Å². The zero-order valence-corrected chi connectivity index (χ0v) is 9.61. The molecule has 1 N–H and O–H groups in total. The van der Waals surface area contributed by atoms with Gasteiger partial charge in [-0.25, -0.2) is 0 Å². The molecule has 1 aliphatic heterocycles. The molecule has 1 saturated heterocycles. The summed E-state index contributed by atoms with van der Waals surface area (Å²) in [5.74, 6) is 0.935. The van der Waals surface area contributed by atoms with E-state index in [2.05, 4.69) is 26.1 Å². The van der Waals surface area contributed by atoms with Gasteiger partial charge in [0.15, 0.2) is 0 Å². The highest BCUT2D eigenvalue weighted by molar-refractivity contribution is 4.65. The van der Waals surface area contributed by atoms with Crippen LogP contribution in [0.1, 0.15) is 53.9 Å². The minimum absolute atomic E-state index is 0.935. The Bertz CT molecular complexity index is 54.0. The van der Waals surface area contributed by atoms with E-state index >= 15 is 0 Å². The van der Waals surface area contributed by atoms with Gasteiger partial charge in [-0.2, -0.15) is 0 Å². The highest BCUT2D eigenvalue weighted by Crippen LogP contribution is 2.03. The third kappa shape index (κ3) is 12.6. The Morgan fingerprint density at radius 2 is 1.67 bits per heavy atom. The van der Waals surface area contributed by atoms with Crippen LogP contribution in [0, 0.1) is 5.92 Å². The first-order chi connectivity index (χ1) is 5.81. The van der Waals surface area contributed by atoms with Crippen molar-refractivity contribution in [1.82, 2.24) is 5.32 Å². The van der Waals surface area contributed by atoms with E-state index in [0.29, 0.717) is 0 Å². The molecule has 1 fully saturated rings. The van der Waals surface area contributed by atoms with Crippen LogP contribution < -0.4 is 5.32 Å². The predicted molar refractivity (Wildman–Crippen MR) is 58.6 cm³/mol. The average molecular weight is 173 g/mol. The van der Waals surface area contributed by atoms with Crippen molar-refractivity contribution in [3.63, 3.8) is 0 Å². The largest absolute Gasteiger partial charge is 0.316 e. The molecule has 0 amide bonds. The van der Waals surface area contributed by atoms with Crippen LogP contribution in [0.4, 0.5) is 0 Å². The topological polar surface area (TPSA) is 12.0 Å². The molecule has 0 aromatic carbocycles. The standard InChI is InChI=1S/C5H11N.C4H10.C2H6/c1-5-2-3-6-4-5;1-3-4-2;1-2/h5-6H,2-4H2,1H3;3-4H2,1-2H3;1-2H3. The molecule has 0 radical (unpaired) electrons. The van der Waals surface area contributed by atoms with Gasteiger partial charge in [0.25, 0.3) is 0 Å². The Kier molecular flexibility index (Phi) is 16.3. The number of rotatable bonds is 1. The lowest BCUT2D eigenvalue weighted by Gasteiger charge is -1.90. The molecule has 0 aromatic heterocycles. The monoisotopic (exact) mass is 173 g/mol. The van der Waals surface area contributed by atoms with E-state index in [1.54, 1.807) is 0 Å². The Balaban J connectivity index is 0. The molecule has 1 unspecified atom stereocenters. The molecule has 1 rings (SSSR count). The maximum Gasteiger partial charge on any atom is -0.00227 e. The van der Waals surface area contributed by atoms with Gasteiger partial charge < -0.3 is 5.32 Å². The van der Waals surface area contributed by atoms with Gasteiger partial charge >= 0.3 is 0 Å². The molecule has 0 saturated carbocycles. The predicted octanol–water partition coefficient (Wildman–Crippen LogP) is 3.45. The Morgan fingerprint density at radius 1 is 1.17 bits per heavy atom. The molecule has 12 heavy (non-hydrogen) atoms. The lowest BCUT2D eigenvalue weighted by Crippen LogP contribution is -2.06. The van der Waals surface area contributed by atoms with Crippen molar-refractivity contribution < 1.29 is 0 Å². The molecule has 76 valence electrons. The van der Waals surface area contributed by atoms with Gasteiger partial charge in [-0.3, -0.25) is 0 Å². The second kappa shape index (κ2) is 13.5. The zero-order chi connectivity index (χ0) is 9.82. The number of hydrogen-bond donors (Lipinski definition) is 1. The molecule has 0 bridgehead atoms. The SMILES string of the molecule is CC.CC1CCNC1.CCCC. The van der Waals surface area contributed by atoms with E-state index in [0.717, 1.165) is 5.92 Å². The highest BCUT2D eigenvalue weighted by Gasteiger charge is 2.06. The molecule has 1 nitrogen and oxygen atoms in total. The summed E-state index contributed by atoms with van der Waals surface area (Å²) in [6.07, 6.45) is 4.01. The zero-order valence-electron chi connectivity index (χ0n) is 9.61. The third-order valence-electron chi connectivity index (χ3n) is 1.81. The summed E-state index contributed by atoms with van der Waals surface area (Å²) in [7, 11) is 0. The van der Waals surface area contributed by atoms with Crippen molar-refractivity contribution in [2.24, 2.45) is 5.92 Å². The van der Waals surface area contributed by atoms with Crippen molar-refractivity contribution in [2.45, 2.75) is 53.9 Å². The van der Waals surface area contributed by atoms with Crippen molar-refractivity contribution in [2.75, 3.05) is 13.1 Å². The van der Waals surface area contributed by atoms with E-state index in [9.17, 15) is 0 Å². The van der Waals surface area contributed by atoms with Gasteiger partial charge in [0.05, 0.1) is 0 Å². The van der Waals surface area contributed by atoms with Gasteiger partial charge in [-0.05, 0) is 25.4 Å². The molecular formula is C11H27N. The minimum Gasteiger partial charge on any atom is -0.316 e. The fourth-order valence-electron chi connectivity index (χ4n) is 0.799. The summed E-state index contributed by atoms with van der Waals surface area (Å²) in [5.41, 5.74) is 0. The number of unbranched alkanes of at least 4 members (excludes halogenated alkanes) is 1. The van der Waals surface area contributed by atoms with Crippen LogP contribution in [0.2, 0.25) is 0 Å². The van der Waals surface area contributed by atoms with Crippen LogP contribution in [0.15, 0.2) is 0 Å². The van der Waals surface area contributed by atoms with Crippen LogP contribution >= 0.6 is 0 Å². The Hall–Kier alpha value is -0.0400. The third-order valence-corrected chi connectivity index (χ3v) is 1.81. The summed E-state index contributed by atoms with van der Waals surface area (Å²) >= 11 is 0. The Morgan fingerprint density at radius 3 is 1.75 bits per heavy atom. The van der Waals surface area contributed by atoms with E-state index < -0.39 is 0 Å². The first-order valence-electron chi connectivity index (χ1n) is 5.52. The summed E-state index contributed by atoms with van der Waals surface area (Å²) in [6, 6.07) is 0. The smallest absolute Gasteiger partial charge is 0.00227 e. The quantitative estimate of drug-likeness (QED) is 0.640. The van der Waals surface area contributed by atoms with Crippen molar-refractivity contribution >= 4 is 0 Å². The highest BCUT2D eigenvalue weighted by atomic mass is 14.9. The molecule has 1 heterocycles. The van der Waals surface area contributed by atoms with Gasteiger partial charge in [0, 0.05) is 0 Å². The molecule has 1 aliphatic rings. The van der Waals surface area contributed by atoms with Crippen molar-refractivity contribution in [3.05, 3.63) is 0 Å². The second-order valence-corrected chi connectivity index (χ2v) is 3.10. The maximum atomic E-state index is 3.27. The van der Waals surface area contributed by atoms with Gasteiger partial charge in [0.1, 0.15) is 0 Å². The van der Waals surface area contributed by atoms with Gasteiger partial charge in [0.2, 0.25) is 0 Å². The van der Waals surface area contributed by atoms with E-state index in [1.165, 1.54) is 32.4 Å². The molecule has 0 aliphatic carbocycles. The fraction of sp³-hybridized carbons (Fsp3) is 1.00. The second-order valence-electron chi connectivity index (χ2n) is 3.10. The van der Waals surface area contributed by atoms with E-state index in [4.69, 9.17) is 0 Å². The summed E-state index contributed by atoms with van der Waals surface area (Å²) in [5, 5.41) is 3.27. The van der Waals surface area contributed by atoms with Crippen LogP contribution in [0.5, 0.6) is 0 Å². The Labute approximate surface area is 78.9 Å². The molecule has 1 atom stereocenters. The van der Waals surface area contributed by atoms with Crippen LogP contribution in [0.3, 0.4) is 0 Å². The van der Waals surface area contributed by atoms with Crippen molar-refractivity contribution in [1.29, 1.82) is 0 Å². The minimum atomic E-state index is 0.935. The fourth-order valence-corrected chi connectivity index (χ4v) is 0.799. The lowest BCUT2D eigenvalue weighted by atomic mass is 10.2. The van der Waals surface area contributed by atoms with Crippen LogP contribution in [-0.2, 0) is 0 Å². The van der Waals surface area contributed by atoms with Gasteiger partial charge in [-0.15, -0.1) is 0 Å². The molecule has 0 spiro atoms. The van der Waals surface area contributed by atoms with E-state index in [1.807, 2.05) is 13.8 Å². The molecular weight excluding hydrogens is 146 g/mol. The normalized spacial score (nSPS) is 20.2. The number of nitrogens with one attached hydrogen (secondary N) is 1. The maximum absolute atomic E-state index is 3.27. The van der Waals surface area contributed by atoms with Crippen LogP contribution in [-0.4, -0.2) is 13.1 Å². The summed E-state index contributed by atoms with van der Waals surface area (Å²) in [4.78, 5) is 0. The van der Waals surface area contributed by atoms with Crippen LogP contribution in [0.25, 0.3) is 0 Å². The average Bonchev–Trinajstić information content (AvgIpc) is 2.60.